The minimum Gasteiger partial charge on any atom is -0.370 e. The van der Waals surface area contributed by atoms with Crippen molar-refractivity contribution >= 4 is 11.8 Å². The van der Waals surface area contributed by atoms with Crippen LogP contribution in [0.5, 0.6) is 0 Å². The summed E-state index contributed by atoms with van der Waals surface area (Å²) in [5.41, 5.74) is -0.945. The van der Waals surface area contributed by atoms with E-state index in [1.165, 1.54) is 7.05 Å². The molecule has 2 N–H and O–H groups in total. The van der Waals surface area contributed by atoms with Gasteiger partial charge in [-0.1, -0.05) is 26.7 Å². The van der Waals surface area contributed by atoms with Crippen LogP contribution in [0.4, 0.5) is 24.9 Å². The molecule has 7 heteroatoms. The van der Waals surface area contributed by atoms with Crippen molar-refractivity contribution in [3.63, 3.8) is 0 Å². The minimum absolute atomic E-state index is 0.0399. The number of halogens is 3. The average Bonchev–Trinajstić information content (AvgIpc) is 2.38. The van der Waals surface area contributed by atoms with Crippen LogP contribution in [0.25, 0.3) is 0 Å². The van der Waals surface area contributed by atoms with E-state index in [0.29, 0.717) is 12.5 Å². The Labute approximate surface area is 110 Å². The number of nitrogens with zero attached hydrogens (tertiary/aromatic N) is 2. The lowest BCUT2D eigenvalue weighted by atomic mass is 10.0. The summed E-state index contributed by atoms with van der Waals surface area (Å²) in [4.78, 5) is 7.38. The first-order valence-electron chi connectivity index (χ1n) is 6.28. The second kappa shape index (κ2) is 6.58. The van der Waals surface area contributed by atoms with Crippen LogP contribution in [0.15, 0.2) is 6.07 Å². The Bertz CT molecular complexity index is 402. The molecule has 4 nitrogen and oxygen atoms in total. The number of rotatable bonds is 6. The molecule has 108 valence electrons. The molecule has 1 rings (SSSR count). The van der Waals surface area contributed by atoms with E-state index in [4.69, 9.17) is 0 Å². The lowest BCUT2D eigenvalue weighted by Crippen LogP contribution is -2.16. The van der Waals surface area contributed by atoms with Gasteiger partial charge in [0.1, 0.15) is 5.82 Å². The van der Waals surface area contributed by atoms with Gasteiger partial charge in [0.15, 0.2) is 5.69 Å². The van der Waals surface area contributed by atoms with Crippen molar-refractivity contribution in [2.24, 2.45) is 5.92 Å². The number of alkyl halides is 3. The van der Waals surface area contributed by atoms with E-state index in [0.717, 1.165) is 18.9 Å². The predicted octanol–water partition coefficient (Wildman–Crippen LogP) is 3.39. The van der Waals surface area contributed by atoms with Gasteiger partial charge in [0, 0.05) is 19.7 Å². The number of hydrogen-bond acceptors (Lipinski definition) is 4. The third-order valence-electron chi connectivity index (χ3n) is 2.97. The predicted molar refractivity (Wildman–Crippen MR) is 69.1 cm³/mol. The summed E-state index contributed by atoms with van der Waals surface area (Å²) in [6, 6.07) is 0.934. The highest BCUT2D eigenvalue weighted by Gasteiger charge is 2.33. The van der Waals surface area contributed by atoms with Gasteiger partial charge in [0.05, 0.1) is 0 Å². The normalized spacial score (nSPS) is 11.7. The highest BCUT2D eigenvalue weighted by Crippen LogP contribution is 2.29. The second-order valence-corrected chi connectivity index (χ2v) is 4.27. The molecule has 0 aromatic carbocycles. The van der Waals surface area contributed by atoms with Crippen molar-refractivity contribution in [1.82, 2.24) is 9.97 Å². The fraction of sp³-hybridized carbons (Fsp3) is 0.667. The zero-order valence-electron chi connectivity index (χ0n) is 11.3. The largest absolute Gasteiger partial charge is 0.433 e. The van der Waals surface area contributed by atoms with Crippen LogP contribution in [0, 0.1) is 5.92 Å². The molecule has 0 atom stereocenters. The summed E-state index contributed by atoms with van der Waals surface area (Å²) in [7, 11) is 1.49. The summed E-state index contributed by atoms with van der Waals surface area (Å²) < 4.78 is 38.0. The SMILES string of the molecule is CCC(CC)CNc1cc(C(F)(F)F)nc(NC)n1. The minimum atomic E-state index is -4.47. The molecule has 0 spiro atoms. The van der Waals surface area contributed by atoms with Crippen molar-refractivity contribution in [2.75, 3.05) is 24.2 Å². The monoisotopic (exact) mass is 276 g/mol. The Kier molecular flexibility index (Phi) is 5.38. The molecule has 0 saturated carbocycles. The topological polar surface area (TPSA) is 49.8 Å². The average molecular weight is 276 g/mol. The Hall–Kier alpha value is -1.53. The van der Waals surface area contributed by atoms with Crippen LogP contribution in [0.2, 0.25) is 0 Å². The highest BCUT2D eigenvalue weighted by molar-refractivity contribution is 5.42. The molecule has 0 saturated heterocycles. The molecular weight excluding hydrogens is 257 g/mol. The van der Waals surface area contributed by atoms with Crippen molar-refractivity contribution < 1.29 is 13.2 Å². The van der Waals surface area contributed by atoms with Gasteiger partial charge in [-0.3, -0.25) is 0 Å². The van der Waals surface area contributed by atoms with E-state index in [2.05, 4.69) is 34.4 Å². The number of nitrogens with one attached hydrogen (secondary N) is 2. The van der Waals surface area contributed by atoms with Crippen LogP contribution >= 0.6 is 0 Å². The second-order valence-electron chi connectivity index (χ2n) is 4.27. The van der Waals surface area contributed by atoms with Crippen molar-refractivity contribution in [3.05, 3.63) is 11.8 Å². The summed E-state index contributed by atoms with van der Waals surface area (Å²) in [6.07, 6.45) is -2.53. The fourth-order valence-electron chi connectivity index (χ4n) is 1.62. The quantitative estimate of drug-likeness (QED) is 0.836. The first-order chi connectivity index (χ1) is 8.90. The van der Waals surface area contributed by atoms with Gasteiger partial charge in [0.25, 0.3) is 0 Å². The fourth-order valence-corrected chi connectivity index (χ4v) is 1.62. The highest BCUT2D eigenvalue weighted by atomic mass is 19.4. The summed E-state index contributed by atoms with van der Waals surface area (Å²) in [5.74, 6) is 0.572. The molecule has 0 radical (unpaired) electrons. The molecule has 1 aromatic heterocycles. The van der Waals surface area contributed by atoms with Gasteiger partial charge >= 0.3 is 6.18 Å². The van der Waals surface area contributed by atoms with Gasteiger partial charge in [-0.2, -0.15) is 18.2 Å². The third kappa shape index (κ3) is 4.57. The molecule has 0 aliphatic heterocycles. The van der Waals surface area contributed by atoms with Crippen molar-refractivity contribution in [2.45, 2.75) is 32.9 Å². The lowest BCUT2D eigenvalue weighted by Gasteiger charge is -2.15. The first kappa shape index (κ1) is 15.5. The van der Waals surface area contributed by atoms with Crippen molar-refractivity contribution in [3.8, 4) is 0 Å². The van der Waals surface area contributed by atoms with E-state index in [1.54, 1.807) is 0 Å². The number of anilines is 2. The molecule has 0 amide bonds. The maximum Gasteiger partial charge on any atom is 0.433 e. The zero-order valence-corrected chi connectivity index (χ0v) is 11.3. The lowest BCUT2D eigenvalue weighted by molar-refractivity contribution is -0.141. The molecular formula is C12H19F3N4. The van der Waals surface area contributed by atoms with E-state index in [1.807, 2.05) is 0 Å². The maximum atomic E-state index is 12.7. The Morgan fingerprint density at radius 3 is 2.32 bits per heavy atom. The molecule has 1 heterocycles. The molecule has 0 unspecified atom stereocenters. The van der Waals surface area contributed by atoms with Gasteiger partial charge in [-0.15, -0.1) is 0 Å². The summed E-state index contributed by atoms with van der Waals surface area (Å²) in [5, 5.41) is 5.48. The Morgan fingerprint density at radius 1 is 1.21 bits per heavy atom. The smallest absolute Gasteiger partial charge is 0.370 e. The van der Waals surface area contributed by atoms with Crippen LogP contribution in [0.1, 0.15) is 32.4 Å². The van der Waals surface area contributed by atoms with Crippen LogP contribution in [-0.4, -0.2) is 23.6 Å². The number of hydrogen-bond donors (Lipinski definition) is 2. The van der Waals surface area contributed by atoms with Crippen LogP contribution in [-0.2, 0) is 6.18 Å². The Morgan fingerprint density at radius 2 is 1.84 bits per heavy atom. The zero-order chi connectivity index (χ0) is 14.5. The molecule has 19 heavy (non-hydrogen) atoms. The number of aromatic nitrogens is 2. The first-order valence-corrected chi connectivity index (χ1v) is 6.28. The van der Waals surface area contributed by atoms with Crippen LogP contribution < -0.4 is 10.6 Å². The third-order valence-corrected chi connectivity index (χ3v) is 2.97. The van der Waals surface area contributed by atoms with Gasteiger partial charge in [0.2, 0.25) is 5.95 Å². The molecule has 1 aromatic rings. The molecule has 0 fully saturated rings. The summed E-state index contributed by atoms with van der Waals surface area (Å²) in [6.45, 7) is 4.70. The standard InChI is InChI=1S/C12H19F3N4/c1-4-8(5-2)7-17-10-6-9(12(13,14)15)18-11(16-3)19-10/h6,8H,4-5,7H2,1-3H3,(H2,16,17,18,19). The maximum absolute atomic E-state index is 12.7. The van der Waals surface area contributed by atoms with Gasteiger partial charge in [-0.05, 0) is 5.92 Å². The summed E-state index contributed by atoms with van der Waals surface area (Å²) >= 11 is 0. The van der Waals surface area contributed by atoms with Crippen LogP contribution in [0.3, 0.4) is 0 Å². The Balaban J connectivity index is 2.88. The van der Waals surface area contributed by atoms with E-state index >= 15 is 0 Å². The van der Waals surface area contributed by atoms with Gasteiger partial charge < -0.3 is 10.6 Å². The van der Waals surface area contributed by atoms with Crippen molar-refractivity contribution in [1.29, 1.82) is 0 Å². The van der Waals surface area contributed by atoms with E-state index in [9.17, 15) is 13.2 Å². The van der Waals surface area contributed by atoms with E-state index in [-0.39, 0.29) is 11.8 Å². The van der Waals surface area contributed by atoms with E-state index < -0.39 is 11.9 Å². The molecule has 0 aliphatic rings. The van der Waals surface area contributed by atoms with Gasteiger partial charge in [-0.25, -0.2) is 4.98 Å². The molecule has 0 aliphatic carbocycles. The molecule has 0 bridgehead atoms.